The number of rotatable bonds is 9. The summed E-state index contributed by atoms with van der Waals surface area (Å²) in [7, 11) is 0. The van der Waals surface area contributed by atoms with E-state index in [0.717, 1.165) is 0 Å². The molecule has 7 nitrogen and oxygen atoms in total. The molecular weight excluding hydrogens is 454 g/mol. The minimum Gasteiger partial charge on any atom is -0.492 e. The number of nitriles is 1. The molecule has 2 aromatic rings. The Morgan fingerprint density at radius 1 is 1.06 bits per heavy atom. The van der Waals surface area contributed by atoms with Gasteiger partial charge in [-0.25, -0.2) is 4.79 Å². The molecule has 1 unspecified atom stereocenters. The van der Waals surface area contributed by atoms with Crippen LogP contribution in [0.3, 0.4) is 0 Å². The van der Waals surface area contributed by atoms with E-state index in [2.05, 4.69) is 10.6 Å². The van der Waals surface area contributed by atoms with Gasteiger partial charge in [0.1, 0.15) is 19.0 Å². The average Bonchev–Trinajstić information content (AvgIpc) is 2.82. The number of esters is 1. The van der Waals surface area contributed by atoms with E-state index in [1.54, 1.807) is 32.0 Å². The van der Waals surface area contributed by atoms with Gasteiger partial charge in [-0.2, -0.15) is 5.26 Å². The van der Waals surface area contributed by atoms with Crippen LogP contribution in [0, 0.1) is 11.3 Å². The van der Waals surface area contributed by atoms with Crippen molar-refractivity contribution in [3.63, 3.8) is 0 Å². The molecule has 8 heteroatoms. The summed E-state index contributed by atoms with van der Waals surface area (Å²) < 4.78 is 11.0. The molecule has 1 amide bonds. The Labute approximate surface area is 204 Å². The highest BCUT2D eigenvalue weighted by Crippen LogP contribution is 2.39. The van der Waals surface area contributed by atoms with Crippen LogP contribution in [-0.2, 0) is 14.3 Å². The number of carbonyl (C=O) groups is 2. The van der Waals surface area contributed by atoms with Gasteiger partial charge in [-0.1, -0.05) is 41.9 Å². The maximum atomic E-state index is 13.3. The lowest BCUT2D eigenvalue weighted by Crippen LogP contribution is -2.37. The zero-order valence-corrected chi connectivity index (χ0v) is 19.8. The first-order chi connectivity index (χ1) is 16.4. The van der Waals surface area contributed by atoms with Gasteiger partial charge in [-0.15, -0.1) is 0 Å². The lowest BCUT2D eigenvalue weighted by atomic mass is 9.80. The molecule has 2 aromatic carbocycles. The van der Waals surface area contributed by atoms with Gasteiger partial charge in [0.05, 0.1) is 30.5 Å². The first-order valence-corrected chi connectivity index (χ1v) is 11.2. The van der Waals surface area contributed by atoms with Gasteiger partial charge in [0.25, 0.3) is 0 Å². The van der Waals surface area contributed by atoms with Crippen molar-refractivity contribution in [2.75, 3.05) is 19.8 Å². The zero-order chi connectivity index (χ0) is 24.5. The minimum atomic E-state index is -0.690. The fourth-order valence-corrected chi connectivity index (χ4v) is 4.00. The Hall–Kier alpha value is -3.76. The molecule has 1 aliphatic heterocycles. The second kappa shape index (κ2) is 11.9. The Bertz CT molecular complexity index is 1150. The van der Waals surface area contributed by atoms with E-state index < -0.39 is 11.9 Å². The van der Waals surface area contributed by atoms with Gasteiger partial charge >= 0.3 is 5.97 Å². The highest BCUT2D eigenvalue weighted by atomic mass is 35.5. The molecule has 2 N–H and O–H groups in total. The fourth-order valence-electron chi connectivity index (χ4n) is 3.80. The maximum absolute atomic E-state index is 13.3. The molecule has 0 aromatic heterocycles. The number of dihydropyridines is 1. The Balaban J connectivity index is 1.84. The number of carbonyl (C=O) groups excluding carboxylic acids is 2. The Morgan fingerprint density at radius 2 is 1.79 bits per heavy atom. The van der Waals surface area contributed by atoms with Crippen molar-refractivity contribution in [2.24, 2.45) is 0 Å². The third kappa shape index (κ3) is 6.18. The smallest absolute Gasteiger partial charge is 0.336 e. The molecule has 3 rings (SSSR count). The van der Waals surface area contributed by atoms with E-state index >= 15 is 0 Å². The van der Waals surface area contributed by atoms with E-state index in [4.69, 9.17) is 26.3 Å². The van der Waals surface area contributed by atoms with Crippen LogP contribution in [0.4, 0.5) is 0 Å². The lowest BCUT2D eigenvalue weighted by Gasteiger charge is -2.31. The highest BCUT2D eigenvalue weighted by Gasteiger charge is 2.37. The number of halogens is 1. The van der Waals surface area contributed by atoms with Crippen molar-refractivity contribution >= 4 is 23.5 Å². The molecule has 0 saturated heterocycles. The number of amides is 1. The van der Waals surface area contributed by atoms with Crippen LogP contribution in [0.25, 0.3) is 0 Å². The number of ether oxygens (including phenoxy) is 2. The van der Waals surface area contributed by atoms with Gasteiger partial charge in [-0.05, 0) is 43.7 Å². The first kappa shape index (κ1) is 24.9. The largest absolute Gasteiger partial charge is 0.492 e. The van der Waals surface area contributed by atoms with Crippen LogP contribution in [0.5, 0.6) is 5.75 Å². The number of hydrogen-bond acceptors (Lipinski definition) is 6. The topological polar surface area (TPSA) is 100 Å². The van der Waals surface area contributed by atoms with E-state index in [9.17, 15) is 9.59 Å². The summed E-state index contributed by atoms with van der Waals surface area (Å²) in [6.07, 6.45) is 0.0803. The van der Waals surface area contributed by atoms with Crippen LogP contribution in [0.15, 0.2) is 77.1 Å². The third-order valence-electron chi connectivity index (χ3n) is 5.25. The second-order valence-corrected chi connectivity index (χ2v) is 8.09. The lowest BCUT2D eigenvalue weighted by molar-refractivity contribution is -0.139. The van der Waals surface area contributed by atoms with Crippen LogP contribution in [0.1, 0.15) is 31.7 Å². The molecule has 1 atom stereocenters. The molecule has 1 heterocycles. The van der Waals surface area contributed by atoms with Crippen molar-refractivity contribution in [1.82, 2.24) is 10.6 Å². The zero-order valence-electron chi connectivity index (χ0n) is 19.1. The summed E-state index contributed by atoms with van der Waals surface area (Å²) in [4.78, 5) is 26.3. The quantitative estimate of drug-likeness (QED) is 0.412. The monoisotopic (exact) mass is 479 g/mol. The normalized spacial score (nSPS) is 15.3. The summed E-state index contributed by atoms with van der Waals surface area (Å²) in [5.41, 5.74) is 2.58. The molecule has 176 valence electrons. The minimum absolute atomic E-state index is 0.0323. The number of nitrogens with zero attached hydrogens (tertiary/aromatic N) is 1. The van der Waals surface area contributed by atoms with Crippen molar-refractivity contribution in [3.8, 4) is 11.8 Å². The van der Waals surface area contributed by atoms with Gasteiger partial charge in [0, 0.05) is 22.0 Å². The molecule has 0 bridgehead atoms. The summed E-state index contributed by atoms with van der Waals surface area (Å²) in [5, 5.41) is 15.3. The van der Waals surface area contributed by atoms with Gasteiger partial charge in [0.2, 0.25) is 5.91 Å². The van der Waals surface area contributed by atoms with E-state index in [0.29, 0.717) is 38.9 Å². The van der Waals surface area contributed by atoms with E-state index in [-0.39, 0.29) is 32.1 Å². The number of hydrogen-bond donors (Lipinski definition) is 2. The molecule has 0 saturated carbocycles. The summed E-state index contributed by atoms with van der Waals surface area (Å²) in [5.74, 6) is -0.897. The SMILES string of the molecule is CC1=C(C(=O)NCCOc2ccccc2)C(c2cccc(Cl)c2)C(C(=O)OCCC#N)=C(C)N1. The molecule has 0 aliphatic carbocycles. The number of allylic oxidation sites excluding steroid dienone is 2. The highest BCUT2D eigenvalue weighted by molar-refractivity contribution is 6.30. The Morgan fingerprint density at radius 3 is 2.50 bits per heavy atom. The molecule has 34 heavy (non-hydrogen) atoms. The second-order valence-electron chi connectivity index (χ2n) is 7.65. The molecule has 0 radical (unpaired) electrons. The van der Waals surface area contributed by atoms with Crippen molar-refractivity contribution in [3.05, 3.63) is 87.7 Å². The van der Waals surface area contributed by atoms with Crippen molar-refractivity contribution < 1.29 is 19.1 Å². The first-order valence-electron chi connectivity index (χ1n) is 10.9. The summed E-state index contributed by atoms with van der Waals surface area (Å²) >= 11 is 6.24. The Kier molecular flexibility index (Phi) is 8.72. The van der Waals surface area contributed by atoms with E-state index in [1.165, 1.54) is 0 Å². The van der Waals surface area contributed by atoms with Crippen LogP contribution < -0.4 is 15.4 Å². The average molecular weight is 480 g/mol. The van der Waals surface area contributed by atoms with Crippen LogP contribution in [-0.4, -0.2) is 31.6 Å². The standard InChI is InChI=1S/C26H26ClN3O4/c1-17-22(25(31)29-13-15-33-21-10-4-3-5-11-21)24(19-8-6-9-20(27)16-19)23(18(2)30-17)26(32)34-14-7-12-28/h3-6,8-11,16,24,30H,7,13-15H2,1-2H3,(H,29,31). The third-order valence-corrected chi connectivity index (χ3v) is 5.49. The molecular formula is C26H26ClN3O4. The van der Waals surface area contributed by atoms with Gasteiger partial charge < -0.3 is 20.1 Å². The van der Waals surface area contributed by atoms with Crippen LogP contribution >= 0.6 is 11.6 Å². The van der Waals surface area contributed by atoms with Crippen LogP contribution in [0.2, 0.25) is 5.02 Å². The predicted octanol–water partition coefficient (Wildman–Crippen LogP) is 4.23. The maximum Gasteiger partial charge on any atom is 0.336 e. The number of para-hydroxylation sites is 1. The number of benzene rings is 2. The van der Waals surface area contributed by atoms with Crippen molar-refractivity contribution in [2.45, 2.75) is 26.2 Å². The molecule has 1 aliphatic rings. The molecule has 0 fully saturated rings. The molecule has 0 spiro atoms. The fraction of sp³-hybridized carbons (Fsp3) is 0.269. The van der Waals surface area contributed by atoms with Gasteiger partial charge in [-0.3, -0.25) is 4.79 Å². The summed E-state index contributed by atoms with van der Waals surface area (Å²) in [6.45, 7) is 4.07. The van der Waals surface area contributed by atoms with Crippen molar-refractivity contribution in [1.29, 1.82) is 5.26 Å². The summed E-state index contributed by atoms with van der Waals surface area (Å²) in [6, 6.07) is 18.3. The number of nitrogens with one attached hydrogen (secondary N) is 2. The van der Waals surface area contributed by atoms with Gasteiger partial charge in [0.15, 0.2) is 0 Å². The predicted molar refractivity (Wildman–Crippen MR) is 129 cm³/mol. The van der Waals surface area contributed by atoms with E-state index in [1.807, 2.05) is 42.5 Å².